The third kappa shape index (κ3) is 7.82. The van der Waals surface area contributed by atoms with E-state index >= 15 is 0 Å². The van der Waals surface area contributed by atoms with Crippen molar-refractivity contribution >= 4 is 14.5 Å². The molecule has 0 saturated carbocycles. The van der Waals surface area contributed by atoms with E-state index in [4.69, 9.17) is 13.3 Å². The van der Waals surface area contributed by atoms with Crippen LogP contribution in [0.25, 0.3) is 0 Å². The van der Waals surface area contributed by atoms with Gasteiger partial charge < -0.3 is 13.3 Å². The van der Waals surface area contributed by atoms with Crippen LogP contribution >= 0.6 is 0 Å². The quantitative estimate of drug-likeness (QED) is 0.332. The minimum absolute atomic E-state index is 0.521. The van der Waals surface area contributed by atoms with Crippen LogP contribution < -0.4 is 0 Å². The fourth-order valence-corrected chi connectivity index (χ4v) is 4.33. The molecule has 0 bridgehead atoms. The summed E-state index contributed by atoms with van der Waals surface area (Å²) in [5, 5.41) is 0. The molecule has 0 amide bonds. The molecule has 4 nitrogen and oxygen atoms in total. The van der Waals surface area contributed by atoms with Crippen LogP contribution in [0, 0.1) is 5.92 Å². The first-order chi connectivity index (χ1) is 9.01. The van der Waals surface area contributed by atoms with Crippen molar-refractivity contribution in [2.75, 3.05) is 26.4 Å². The Morgan fingerprint density at radius 2 is 1.47 bits per heavy atom. The summed E-state index contributed by atoms with van der Waals surface area (Å²) in [6.45, 7) is 15.1. The van der Waals surface area contributed by atoms with Gasteiger partial charge in [-0.2, -0.15) is 0 Å². The van der Waals surface area contributed by atoms with Crippen LogP contribution in [-0.2, 0) is 13.3 Å². The smallest absolute Gasteiger partial charge is 0.374 e. The molecule has 0 aromatic rings. The standard InChI is InChI=1S/C14H31NO3Si/c1-7-16-19(17-8-2,18-9-3)12-10-11-15-14(6)13(4)5/h13H,7-12H2,1-6H3. The first kappa shape index (κ1) is 18.8. The van der Waals surface area contributed by atoms with Crippen LogP contribution in [0.3, 0.4) is 0 Å². The first-order valence-electron chi connectivity index (χ1n) is 7.44. The Morgan fingerprint density at radius 3 is 1.84 bits per heavy atom. The molecule has 0 spiro atoms. The molecule has 0 aliphatic heterocycles. The largest absolute Gasteiger partial charge is 0.500 e. The summed E-state index contributed by atoms with van der Waals surface area (Å²) in [7, 11) is -2.46. The Balaban J connectivity index is 4.35. The molecule has 0 fully saturated rings. The molecule has 19 heavy (non-hydrogen) atoms. The molecule has 5 heteroatoms. The minimum Gasteiger partial charge on any atom is -0.374 e. The summed E-state index contributed by atoms with van der Waals surface area (Å²) in [5.74, 6) is 0.521. The highest BCUT2D eigenvalue weighted by molar-refractivity contribution is 6.60. The van der Waals surface area contributed by atoms with E-state index < -0.39 is 8.80 Å². The molecule has 0 atom stereocenters. The average molecular weight is 289 g/mol. The molecule has 0 aromatic heterocycles. The molecule has 114 valence electrons. The van der Waals surface area contributed by atoms with E-state index in [1.165, 1.54) is 5.71 Å². The number of nitrogens with zero attached hydrogens (tertiary/aromatic N) is 1. The van der Waals surface area contributed by atoms with Gasteiger partial charge in [0.25, 0.3) is 0 Å². The van der Waals surface area contributed by atoms with Gasteiger partial charge in [-0.1, -0.05) is 13.8 Å². The van der Waals surface area contributed by atoms with Gasteiger partial charge in [-0.05, 0) is 40.0 Å². The van der Waals surface area contributed by atoms with Crippen LogP contribution in [0.15, 0.2) is 4.99 Å². The molecular weight excluding hydrogens is 258 g/mol. The second-order valence-electron chi connectivity index (χ2n) is 4.76. The molecule has 0 radical (unpaired) electrons. The van der Waals surface area contributed by atoms with Crippen molar-refractivity contribution in [3.8, 4) is 0 Å². The summed E-state index contributed by atoms with van der Waals surface area (Å²) in [4.78, 5) is 4.58. The summed E-state index contributed by atoms with van der Waals surface area (Å²) < 4.78 is 17.4. The van der Waals surface area contributed by atoms with E-state index in [9.17, 15) is 0 Å². The molecule has 0 aromatic carbocycles. The highest BCUT2D eigenvalue weighted by atomic mass is 28.4. The molecule has 0 aliphatic carbocycles. The average Bonchev–Trinajstić information content (AvgIpc) is 2.35. The zero-order chi connectivity index (χ0) is 14.7. The lowest BCUT2D eigenvalue weighted by atomic mass is 10.1. The van der Waals surface area contributed by atoms with Crippen molar-refractivity contribution in [2.24, 2.45) is 10.9 Å². The van der Waals surface area contributed by atoms with Gasteiger partial charge >= 0.3 is 8.80 Å². The van der Waals surface area contributed by atoms with Gasteiger partial charge in [0.2, 0.25) is 0 Å². The maximum atomic E-state index is 5.81. The fourth-order valence-electron chi connectivity index (χ4n) is 1.73. The third-order valence-corrected chi connectivity index (χ3v) is 6.08. The Kier molecular flexibility index (Phi) is 10.4. The zero-order valence-electron chi connectivity index (χ0n) is 13.5. The Morgan fingerprint density at radius 1 is 1.00 bits per heavy atom. The third-order valence-electron chi connectivity index (χ3n) is 2.93. The van der Waals surface area contributed by atoms with Crippen LogP contribution in [-0.4, -0.2) is 40.9 Å². The number of hydrogen-bond acceptors (Lipinski definition) is 4. The van der Waals surface area contributed by atoms with E-state index in [0.717, 1.165) is 19.0 Å². The second kappa shape index (κ2) is 10.5. The summed E-state index contributed by atoms with van der Waals surface area (Å²) in [6, 6.07) is 0.845. The molecule has 0 N–H and O–H groups in total. The lowest BCUT2D eigenvalue weighted by Crippen LogP contribution is -2.46. The van der Waals surface area contributed by atoms with Crippen molar-refractivity contribution in [3.05, 3.63) is 0 Å². The van der Waals surface area contributed by atoms with E-state index in [-0.39, 0.29) is 0 Å². The van der Waals surface area contributed by atoms with Crippen molar-refractivity contribution in [2.45, 2.75) is 54.0 Å². The van der Waals surface area contributed by atoms with Gasteiger partial charge in [0.1, 0.15) is 0 Å². The monoisotopic (exact) mass is 289 g/mol. The lowest BCUT2D eigenvalue weighted by molar-refractivity contribution is 0.0710. The van der Waals surface area contributed by atoms with Gasteiger partial charge in [0.05, 0.1) is 0 Å². The molecule has 0 heterocycles. The fraction of sp³-hybridized carbons (Fsp3) is 0.929. The Bertz CT molecular complexity index is 240. The summed E-state index contributed by atoms with van der Waals surface area (Å²) in [5.41, 5.74) is 1.21. The molecule has 0 rings (SSSR count). The van der Waals surface area contributed by atoms with E-state index in [2.05, 4.69) is 25.8 Å². The predicted octanol–water partition coefficient (Wildman–Crippen LogP) is 3.54. The summed E-state index contributed by atoms with van der Waals surface area (Å²) >= 11 is 0. The zero-order valence-corrected chi connectivity index (χ0v) is 14.5. The van der Waals surface area contributed by atoms with Crippen LogP contribution in [0.4, 0.5) is 0 Å². The maximum Gasteiger partial charge on any atom is 0.500 e. The van der Waals surface area contributed by atoms with Crippen LogP contribution in [0.2, 0.25) is 6.04 Å². The summed E-state index contributed by atoms with van der Waals surface area (Å²) in [6.07, 6.45) is 0.955. The molecular formula is C14H31NO3Si. The number of rotatable bonds is 11. The maximum absolute atomic E-state index is 5.81. The number of aliphatic imine (C=N–C) groups is 1. The highest BCUT2D eigenvalue weighted by Gasteiger charge is 2.39. The van der Waals surface area contributed by atoms with E-state index in [1.807, 2.05) is 20.8 Å². The van der Waals surface area contributed by atoms with Gasteiger partial charge in [0, 0.05) is 38.1 Å². The Hall–Kier alpha value is -0.233. The van der Waals surface area contributed by atoms with Gasteiger partial charge in [-0.15, -0.1) is 0 Å². The van der Waals surface area contributed by atoms with Gasteiger partial charge in [-0.3, -0.25) is 4.99 Å². The Labute approximate surface area is 119 Å². The number of hydrogen-bond donors (Lipinski definition) is 0. The first-order valence-corrected chi connectivity index (χ1v) is 9.37. The second-order valence-corrected chi connectivity index (χ2v) is 7.50. The van der Waals surface area contributed by atoms with Crippen LogP contribution in [0.5, 0.6) is 0 Å². The normalized spacial score (nSPS) is 13.3. The lowest BCUT2D eigenvalue weighted by Gasteiger charge is -2.28. The van der Waals surface area contributed by atoms with Crippen molar-refractivity contribution in [1.82, 2.24) is 0 Å². The van der Waals surface area contributed by atoms with Crippen LogP contribution in [0.1, 0.15) is 48.0 Å². The molecule has 0 unspecified atom stereocenters. The minimum atomic E-state index is -2.46. The van der Waals surface area contributed by atoms with Crippen molar-refractivity contribution < 1.29 is 13.3 Å². The molecule has 0 saturated heterocycles. The van der Waals surface area contributed by atoms with Crippen molar-refractivity contribution in [3.63, 3.8) is 0 Å². The highest BCUT2D eigenvalue weighted by Crippen LogP contribution is 2.18. The van der Waals surface area contributed by atoms with E-state index in [0.29, 0.717) is 25.7 Å². The molecule has 0 aliphatic rings. The SMILES string of the molecule is CCO[Si](CCCN=C(C)C(C)C)(OCC)OCC. The van der Waals surface area contributed by atoms with E-state index in [1.54, 1.807) is 0 Å². The van der Waals surface area contributed by atoms with Crippen molar-refractivity contribution in [1.29, 1.82) is 0 Å². The van der Waals surface area contributed by atoms with Gasteiger partial charge in [0.15, 0.2) is 0 Å². The topological polar surface area (TPSA) is 40.0 Å². The predicted molar refractivity (Wildman–Crippen MR) is 82.9 cm³/mol. The van der Waals surface area contributed by atoms with Gasteiger partial charge in [-0.25, -0.2) is 0 Å².